The highest BCUT2D eigenvalue weighted by Crippen LogP contribution is 2.40. The summed E-state index contributed by atoms with van der Waals surface area (Å²) < 4.78 is 5.70. The van der Waals surface area contributed by atoms with Crippen molar-refractivity contribution >= 4 is 22.7 Å². The molecule has 1 aliphatic rings. The third-order valence-electron chi connectivity index (χ3n) is 3.53. The molecule has 21 heavy (non-hydrogen) atoms. The van der Waals surface area contributed by atoms with Gasteiger partial charge in [-0.3, -0.25) is 9.78 Å². The molecule has 5 heteroatoms. The van der Waals surface area contributed by atoms with Crippen LogP contribution in [0.2, 0.25) is 0 Å². The lowest BCUT2D eigenvalue weighted by Gasteiger charge is -2.04. The van der Waals surface area contributed by atoms with Crippen LogP contribution in [0.4, 0.5) is 5.69 Å². The Hall–Kier alpha value is -2.69. The van der Waals surface area contributed by atoms with Crippen molar-refractivity contribution in [3.05, 3.63) is 54.2 Å². The Morgan fingerprint density at radius 1 is 1.19 bits per heavy atom. The zero-order valence-electron chi connectivity index (χ0n) is 11.2. The highest BCUT2D eigenvalue weighted by molar-refractivity contribution is 6.04. The number of anilines is 1. The van der Waals surface area contributed by atoms with Crippen molar-refractivity contribution in [2.45, 2.75) is 18.8 Å². The van der Waals surface area contributed by atoms with E-state index < -0.39 is 0 Å². The first kappa shape index (κ1) is 12.1. The predicted molar refractivity (Wildman–Crippen MR) is 78.2 cm³/mol. The minimum absolute atomic E-state index is 0.164. The second kappa shape index (κ2) is 4.70. The average molecular weight is 279 g/mol. The van der Waals surface area contributed by atoms with E-state index in [-0.39, 0.29) is 5.91 Å². The molecule has 104 valence electrons. The zero-order valence-corrected chi connectivity index (χ0v) is 11.2. The number of fused-ring (bicyclic) bond motifs is 1. The lowest BCUT2D eigenvalue weighted by Crippen LogP contribution is -2.11. The predicted octanol–water partition coefficient (Wildman–Crippen LogP) is 3.35. The molecule has 0 atom stereocenters. The third kappa shape index (κ3) is 2.38. The van der Waals surface area contributed by atoms with Gasteiger partial charge >= 0.3 is 0 Å². The van der Waals surface area contributed by atoms with Gasteiger partial charge in [-0.2, -0.15) is 0 Å². The first-order valence-corrected chi connectivity index (χ1v) is 6.91. The van der Waals surface area contributed by atoms with Crippen molar-refractivity contribution in [2.75, 3.05) is 5.32 Å². The van der Waals surface area contributed by atoms with E-state index in [0.717, 1.165) is 29.8 Å². The molecule has 2 heterocycles. The third-order valence-corrected chi connectivity index (χ3v) is 3.53. The van der Waals surface area contributed by atoms with Crippen LogP contribution in [0.1, 0.15) is 35.0 Å². The Labute approximate surface area is 121 Å². The van der Waals surface area contributed by atoms with Crippen molar-refractivity contribution in [3.8, 4) is 0 Å². The minimum atomic E-state index is -0.164. The average Bonchev–Trinajstić information content (AvgIpc) is 3.28. The molecule has 1 N–H and O–H groups in total. The summed E-state index contributed by atoms with van der Waals surface area (Å²) in [7, 11) is 0. The number of carbonyl (C=O) groups is 1. The number of oxazole rings is 1. The van der Waals surface area contributed by atoms with E-state index in [0.29, 0.717) is 17.2 Å². The van der Waals surface area contributed by atoms with Gasteiger partial charge in [0, 0.05) is 29.6 Å². The summed E-state index contributed by atoms with van der Waals surface area (Å²) in [5, 5.41) is 2.86. The molecule has 1 amide bonds. The molecule has 2 aromatic heterocycles. The second-order valence-corrected chi connectivity index (χ2v) is 5.20. The summed E-state index contributed by atoms with van der Waals surface area (Å²) in [6.07, 6.45) is 5.49. The monoisotopic (exact) mass is 279 g/mol. The summed E-state index contributed by atoms with van der Waals surface area (Å²) in [6.45, 7) is 0. The summed E-state index contributed by atoms with van der Waals surface area (Å²) >= 11 is 0. The van der Waals surface area contributed by atoms with E-state index in [4.69, 9.17) is 4.42 Å². The van der Waals surface area contributed by atoms with Crippen molar-refractivity contribution in [1.29, 1.82) is 0 Å². The van der Waals surface area contributed by atoms with E-state index in [1.54, 1.807) is 24.5 Å². The number of hydrogen-bond acceptors (Lipinski definition) is 4. The van der Waals surface area contributed by atoms with Gasteiger partial charge in [0.05, 0.1) is 0 Å². The number of rotatable bonds is 3. The summed E-state index contributed by atoms with van der Waals surface area (Å²) in [4.78, 5) is 20.5. The van der Waals surface area contributed by atoms with E-state index >= 15 is 0 Å². The Morgan fingerprint density at radius 2 is 2.00 bits per heavy atom. The number of hydrogen-bond donors (Lipinski definition) is 1. The first-order valence-electron chi connectivity index (χ1n) is 6.91. The SMILES string of the molecule is O=C(Nc1ccc2oc(C3CC3)nc2c1)c1ccncc1. The largest absolute Gasteiger partial charge is 0.440 e. The summed E-state index contributed by atoms with van der Waals surface area (Å²) in [5.74, 6) is 1.12. The first-order chi connectivity index (χ1) is 10.3. The number of benzene rings is 1. The molecule has 1 aromatic carbocycles. The second-order valence-electron chi connectivity index (χ2n) is 5.20. The Balaban J connectivity index is 1.60. The molecule has 0 bridgehead atoms. The number of nitrogens with zero attached hydrogens (tertiary/aromatic N) is 2. The minimum Gasteiger partial charge on any atom is -0.440 e. The molecular formula is C16H13N3O2. The standard InChI is InChI=1S/C16H13N3O2/c20-15(10-5-7-17-8-6-10)18-12-3-4-14-13(9-12)19-16(21-14)11-1-2-11/h3-9,11H,1-2H2,(H,18,20). The van der Waals surface area contributed by atoms with Crippen LogP contribution >= 0.6 is 0 Å². The fourth-order valence-corrected chi connectivity index (χ4v) is 2.23. The van der Waals surface area contributed by atoms with Crippen LogP contribution in [-0.4, -0.2) is 15.9 Å². The number of pyridine rings is 1. The molecule has 1 fully saturated rings. The lowest BCUT2D eigenvalue weighted by molar-refractivity contribution is 0.102. The maximum absolute atomic E-state index is 12.1. The summed E-state index contributed by atoms with van der Waals surface area (Å²) in [5.41, 5.74) is 2.83. The Kier molecular flexibility index (Phi) is 2.70. The van der Waals surface area contributed by atoms with E-state index in [1.165, 1.54) is 0 Å². The van der Waals surface area contributed by atoms with Gasteiger partial charge < -0.3 is 9.73 Å². The fourth-order valence-electron chi connectivity index (χ4n) is 2.23. The maximum atomic E-state index is 12.1. The van der Waals surface area contributed by atoms with Crippen LogP contribution in [0.3, 0.4) is 0 Å². The molecular weight excluding hydrogens is 266 g/mol. The van der Waals surface area contributed by atoms with Crippen LogP contribution in [0.25, 0.3) is 11.1 Å². The quantitative estimate of drug-likeness (QED) is 0.798. The highest BCUT2D eigenvalue weighted by atomic mass is 16.3. The number of nitrogens with one attached hydrogen (secondary N) is 1. The molecule has 1 aliphatic carbocycles. The Morgan fingerprint density at radius 3 is 2.76 bits per heavy atom. The van der Waals surface area contributed by atoms with Gasteiger partial charge in [-0.1, -0.05) is 0 Å². The maximum Gasteiger partial charge on any atom is 0.255 e. The van der Waals surface area contributed by atoms with E-state index in [2.05, 4.69) is 15.3 Å². The van der Waals surface area contributed by atoms with Gasteiger partial charge in [0.1, 0.15) is 5.52 Å². The van der Waals surface area contributed by atoms with Gasteiger partial charge in [-0.05, 0) is 43.2 Å². The van der Waals surface area contributed by atoms with E-state index in [9.17, 15) is 4.79 Å². The van der Waals surface area contributed by atoms with Crippen LogP contribution in [0.5, 0.6) is 0 Å². The number of aromatic nitrogens is 2. The molecule has 0 spiro atoms. The smallest absolute Gasteiger partial charge is 0.255 e. The molecule has 0 radical (unpaired) electrons. The van der Waals surface area contributed by atoms with Crippen molar-refractivity contribution in [2.24, 2.45) is 0 Å². The van der Waals surface area contributed by atoms with Gasteiger partial charge in [0.2, 0.25) is 0 Å². The van der Waals surface area contributed by atoms with Crippen LogP contribution < -0.4 is 5.32 Å². The van der Waals surface area contributed by atoms with Gasteiger partial charge in [0.15, 0.2) is 11.5 Å². The van der Waals surface area contributed by atoms with Gasteiger partial charge in [0.25, 0.3) is 5.91 Å². The van der Waals surface area contributed by atoms with Crippen LogP contribution in [0, 0.1) is 0 Å². The van der Waals surface area contributed by atoms with Crippen molar-refractivity contribution in [3.63, 3.8) is 0 Å². The lowest BCUT2D eigenvalue weighted by atomic mass is 10.2. The van der Waals surface area contributed by atoms with E-state index in [1.807, 2.05) is 18.2 Å². The molecule has 1 saturated carbocycles. The summed E-state index contributed by atoms with van der Waals surface area (Å²) in [6, 6.07) is 8.85. The highest BCUT2D eigenvalue weighted by Gasteiger charge is 2.28. The molecule has 3 aromatic rings. The normalized spacial score (nSPS) is 14.3. The number of amides is 1. The van der Waals surface area contributed by atoms with Gasteiger partial charge in [-0.25, -0.2) is 4.98 Å². The zero-order chi connectivity index (χ0) is 14.2. The molecule has 0 saturated heterocycles. The Bertz CT molecular complexity index is 807. The fraction of sp³-hybridized carbons (Fsp3) is 0.188. The molecule has 0 aliphatic heterocycles. The van der Waals surface area contributed by atoms with Crippen molar-refractivity contribution in [1.82, 2.24) is 9.97 Å². The number of carbonyl (C=O) groups excluding carboxylic acids is 1. The molecule has 0 unspecified atom stereocenters. The molecule has 4 rings (SSSR count). The van der Waals surface area contributed by atoms with Crippen LogP contribution in [-0.2, 0) is 0 Å². The van der Waals surface area contributed by atoms with Crippen LogP contribution in [0.15, 0.2) is 47.1 Å². The molecule has 5 nitrogen and oxygen atoms in total. The van der Waals surface area contributed by atoms with Crippen molar-refractivity contribution < 1.29 is 9.21 Å². The van der Waals surface area contributed by atoms with Gasteiger partial charge in [-0.15, -0.1) is 0 Å². The topological polar surface area (TPSA) is 68.0 Å².